The fourth-order valence-corrected chi connectivity index (χ4v) is 3.76. The molecule has 8 nitrogen and oxygen atoms in total. The summed E-state index contributed by atoms with van der Waals surface area (Å²) in [5.41, 5.74) is 3.06. The minimum Gasteiger partial charge on any atom is -0.368 e. The third kappa shape index (κ3) is 3.36. The number of hydrogen-bond donors (Lipinski definition) is 2. The summed E-state index contributed by atoms with van der Waals surface area (Å²) in [6.07, 6.45) is 5.64. The zero-order chi connectivity index (χ0) is 19.8. The molecular formula is C21H24N8. The Balaban J connectivity index is 1.46. The maximum Gasteiger partial charge on any atom is 0.228 e. The Bertz CT molecular complexity index is 1140. The molecule has 1 saturated heterocycles. The summed E-state index contributed by atoms with van der Waals surface area (Å²) < 4.78 is 2.01. The predicted molar refractivity (Wildman–Crippen MR) is 116 cm³/mol. The quantitative estimate of drug-likeness (QED) is 0.556. The van der Waals surface area contributed by atoms with E-state index in [2.05, 4.69) is 56.6 Å². The Kier molecular flexibility index (Phi) is 4.48. The molecule has 29 heavy (non-hydrogen) atoms. The maximum absolute atomic E-state index is 4.78. The van der Waals surface area contributed by atoms with Gasteiger partial charge in [0.25, 0.3) is 0 Å². The number of fused-ring (bicyclic) bond motifs is 3. The van der Waals surface area contributed by atoms with Crippen LogP contribution in [-0.2, 0) is 0 Å². The Labute approximate surface area is 169 Å². The summed E-state index contributed by atoms with van der Waals surface area (Å²) in [6, 6.07) is 8.42. The average molecular weight is 388 g/mol. The van der Waals surface area contributed by atoms with Gasteiger partial charge in [0.2, 0.25) is 5.95 Å². The largest absolute Gasteiger partial charge is 0.368 e. The topological polar surface area (TPSA) is 83.8 Å². The highest BCUT2D eigenvalue weighted by molar-refractivity contribution is 6.03. The lowest BCUT2D eigenvalue weighted by Gasteiger charge is -2.29. The van der Waals surface area contributed by atoms with E-state index in [0.29, 0.717) is 5.95 Å². The number of piperazine rings is 1. The molecule has 0 radical (unpaired) electrons. The van der Waals surface area contributed by atoms with E-state index in [1.165, 1.54) is 0 Å². The number of aromatic nitrogens is 5. The van der Waals surface area contributed by atoms with Gasteiger partial charge in [0.15, 0.2) is 0 Å². The van der Waals surface area contributed by atoms with Gasteiger partial charge in [0, 0.05) is 49.2 Å². The zero-order valence-electron chi connectivity index (χ0n) is 16.6. The molecule has 1 aliphatic rings. The van der Waals surface area contributed by atoms with E-state index in [0.717, 1.165) is 59.5 Å². The van der Waals surface area contributed by atoms with Gasteiger partial charge in [-0.3, -0.25) is 4.68 Å². The summed E-state index contributed by atoms with van der Waals surface area (Å²) in [7, 11) is 0. The number of anilines is 3. The number of rotatable bonds is 4. The number of pyridine rings is 1. The van der Waals surface area contributed by atoms with Crippen molar-refractivity contribution in [3.05, 3.63) is 42.9 Å². The van der Waals surface area contributed by atoms with Gasteiger partial charge in [0.05, 0.1) is 23.6 Å². The van der Waals surface area contributed by atoms with Gasteiger partial charge < -0.3 is 15.5 Å². The number of benzene rings is 1. The minimum atomic E-state index is 0.253. The van der Waals surface area contributed by atoms with Crippen LogP contribution >= 0.6 is 0 Å². The molecule has 148 valence electrons. The molecule has 4 aromatic rings. The van der Waals surface area contributed by atoms with Gasteiger partial charge >= 0.3 is 0 Å². The predicted octanol–water partition coefficient (Wildman–Crippen LogP) is 3.11. The molecule has 0 unspecified atom stereocenters. The second-order valence-corrected chi connectivity index (χ2v) is 7.58. The van der Waals surface area contributed by atoms with Crippen molar-refractivity contribution < 1.29 is 0 Å². The van der Waals surface area contributed by atoms with Crippen molar-refractivity contribution in [2.45, 2.75) is 19.9 Å². The van der Waals surface area contributed by atoms with Gasteiger partial charge in [-0.1, -0.05) is 12.1 Å². The van der Waals surface area contributed by atoms with Crippen LogP contribution in [0.3, 0.4) is 0 Å². The molecule has 5 rings (SSSR count). The monoisotopic (exact) mass is 388 g/mol. The molecule has 4 heterocycles. The van der Waals surface area contributed by atoms with E-state index in [4.69, 9.17) is 4.98 Å². The van der Waals surface area contributed by atoms with Crippen molar-refractivity contribution in [3.8, 4) is 0 Å². The van der Waals surface area contributed by atoms with Gasteiger partial charge in [0.1, 0.15) is 11.3 Å². The van der Waals surface area contributed by atoms with Gasteiger partial charge in [-0.05, 0) is 26.0 Å². The summed E-state index contributed by atoms with van der Waals surface area (Å²) in [5.74, 6) is 1.26. The first-order valence-corrected chi connectivity index (χ1v) is 10.0. The van der Waals surface area contributed by atoms with E-state index < -0.39 is 0 Å². The molecule has 1 fully saturated rings. The van der Waals surface area contributed by atoms with Crippen molar-refractivity contribution in [2.75, 3.05) is 36.4 Å². The van der Waals surface area contributed by atoms with E-state index in [-0.39, 0.29) is 6.04 Å². The van der Waals surface area contributed by atoms with Crippen LogP contribution in [0.15, 0.2) is 42.9 Å². The van der Waals surface area contributed by atoms with E-state index in [1.807, 2.05) is 35.4 Å². The van der Waals surface area contributed by atoms with Gasteiger partial charge in [-0.15, -0.1) is 0 Å². The Morgan fingerprint density at radius 2 is 1.79 bits per heavy atom. The van der Waals surface area contributed by atoms with Crippen LogP contribution in [0.4, 0.5) is 17.5 Å². The molecule has 1 aliphatic heterocycles. The SMILES string of the molecule is CC(C)n1ncc2ccc3cnc(Nc4ccc(N5CCNCC5)cn4)nc3c21. The lowest BCUT2D eigenvalue weighted by Crippen LogP contribution is -2.43. The van der Waals surface area contributed by atoms with E-state index in [1.54, 1.807) is 0 Å². The standard InChI is InChI=1S/C21H24N8/c1-14(2)29-20-16(12-25-29)4-3-15-11-24-21(27-19(15)20)26-18-6-5-17(13-23-18)28-9-7-22-8-10-28/h3-6,11-14,22H,7-10H2,1-2H3,(H,23,24,26,27). The highest BCUT2D eigenvalue weighted by Crippen LogP contribution is 2.27. The van der Waals surface area contributed by atoms with Crippen LogP contribution < -0.4 is 15.5 Å². The highest BCUT2D eigenvalue weighted by Gasteiger charge is 2.13. The first-order chi connectivity index (χ1) is 14.2. The average Bonchev–Trinajstić information content (AvgIpc) is 3.20. The van der Waals surface area contributed by atoms with Crippen molar-refractivity contribution in [1.82, 2.24) is 30.0 Å². The first-order valence-electron chi connectivity index (χ1n) is 10.0. The lowest BCUT2D eigenvalue weighted by atomic mass is 10.2. The number of hydrogen-bond acceptors (Lipinski definition) is 7. The van der Waals surface area contributed by atoms with Crippen molar-refractivity contribution >= 4 is 39.3 Å². The Hall–Kier alpha value is -3.26. The molecule has 0 atom stereocenters. The molecular weight excluding hydrogens is 364 g/mol. The lowest BCUT2D eigenvalue weighted by molar-refractivity contribution is 0.552. The molecule has 0 bridgehead atoms. The first kappa shape index (κ1) is 17.8. The van der Waals surface area contributed by atoms with Gasteiger partial charge in [-0.25, -0.2) is 15.0 Å². The highest BCUT2D eigenvalue weighted by atomic mass is 15.3. The zero-order valence-corrected chi connectivity index (χ0v) is 16.6. The molecule has 0 amide bonds. The summed E-state index contributed by atoms with van der Waals surface area (Å²) in [4.78, 5) is 16.1. The molecule has 1 aromatic carbocycles. The number of nitrogens with one attached hydrogen (secondary N) is 2. The van der Waals surface area contributed by atoms with E-state index in [9.17, 15) is 0 Å². The summed E-state index contributed by atoms with van der Waals surface area (Å²) >= 11 is 0. The molecule has 0 aliphatic carbocycles. The van der Waals surface area contributed by atoms with Crippen LogP contribution in [0.1, 0.15) is 19.9 Å². The van der Waals surface area contributed by atoms with Crippen LogP contribution in [0.25, 0.3) is 21.8 Å². The molecule has 0 saturated carbocycles. The van der Waals surface area contributed by atoms with Crippen molar-refractivity contribution in [2.24, 2.45) is 0 Å². The molecule has 3 aromatic heterocycles. The van der Waals surface area contributed by atoms with Crippen molar-refractivity contribution in [1.29, 1.82) is 0 Å². The maximum atomic E-state index is 4.78. The van der Waals surface area contributed by atoms with Crippen LogP contribution in [-0.4, -0.2) is 50.9 Å². The normalized spacial score (nSPS) is 14.8. The second-order valence-electron chi connectivity index (χ2n) is 7.58. The summed E-state index contributed by atoms with van der Waals surface area (Å²) in [6.45, 7) is 8.26. The fourth-order valence-electron chi connectivity index (χ4n) is 3.76. The van der Waals surface area contributed by atoms with E-state index >= 15 is 0 Å². The van der Waals surface area contributed by atoms with Crippen LogP contribution in [0.2, 0.25) is 0 Å². The van der Waals surface area contributed by atoms with Crippen LogP contribution in [0, 0.1) is 0 Å². The second kappa shape index (κ2) is 7.29. The molecule has 2 N–H and O–H groups in total. The van der Waals surface area contributed by atoms with Gasteiger partial charge in [-0.2, -0.15) is 5.10 Å². The number of nitrogens with zero attached hydrogens (tertiary/aromatic N) is 6. The Morgan fingerprint density at radius 3 is 2.55 bits per heavy atom. The molecule has 8 heteroatoms. The third-order valence-electron chi connectivity index (χ3n) is 5.27. The smallest absolute Gasteiger partial charge is 0.228 e. The fraction of sp³-hybridized carbons (Fsp3) is 0.333. The third-order valence-corrected chi connectivity index (χ3v) is 5.27. The molecule has 0 spiro atoms. The van der Waals surface area contributed by atoms with Crippen LogP contribution in [0.5, 0.6) is 0 Å². The minimum absolute atomic E-state index is 0.253. The summed E-state index contributed by atoms with van der Waals surface area (Å²) in [5, 5.41) is 13.2. The Morgan fingerprint density at radius 1 is 0.966 bits per heavy atom. The van der Waals surface area contributed by atoms with Crippen molar-refractivity contribution in [3.63, 3.8) is 0 Å².